The number of halogens is 1. The van der Waals surface area contributed by atoms with Gasteiger partial charge in [0.1, 0.15) is 0 Å². The molecule has 0 bridgehead atoms. The summed E-state index contributed by atoms with van der Waals surface area (Å²) in [5, 5.41) is 3.37. The first kappa shape index (κ1) is 18.6. The van der Waals surface area contributed by atoms with Crippen molar-refractivity contribution in [2.45, 2.75) is 31.2 Å². The van der Waals surface area contributed by atoms with Crippen molar-refractivity contribution >= 4 is 23.5 Å². The lowest BCUT2D eigenvalue weighted by atomic mass is 9.64. The van der Waals surface area contributed by atoms with E-state index in [2.05, 4.69) is 5.32 Å². The minimum absolute atomic E-state index is 0.205. The molecule has 6 nitrogen and oxygen atoms in total. The lowest BCUT2D eigenvalue weighted by molar-refractivity contribution is -0.157. The summed E-state index contributed by atoms with van der Waals surface area (Å²) in [5.41, 5.74) is 1.09. The van der Waals surface area contributed by atoms with E-state index in [-0.39, 0.29) is 25.3 Å². The van der Waals surface area contributed by atoms with E-state index in [9.17, 15) is 9.59 Å². The molecule has 0 unspecified atom stereocenters. The van der Waals surface area contributed by atoms with E-state index in [0.29, 0.717) is 35.9 Å². The van der Waals surface area contributed by atoms with E-state index >= 15 is 0 Å². The van der Waals surface area contributed by atoms with Crippen molar-refractivity contribution in [1.29, 1.82) is 0 Å². The molecule has 0 aromatic heterocycles. The summed E-state index contributed by atoms with van der Waals surface area (Å²) < 4.78 is 15.9. The van der Waals surface area contributed by atoms with Crippen LogP contribution in [0.3, 0.4) is 0 Å². The van der Waals surface area contributed by atoms with Crippen molar-refractivity contribution in [3.8, 4) is 11.5 Å². The van der Waals surface area contributed by atoms with Gasteiger partial charge in [0.05, 0.1) is 5.41 Å². The van der Waals surface area contributed by atoms with Crippen LogP contribution in [-0.2, 0) is 26.3 Å². The van der Waals surface area contributed by atoms with Crippen LogP contribution in [-0.4, -0.2) is 25.3 Å². The van der Waals surface area contributed by atoms with Crippen molar-refractivity contribution in [3.05, 3.63) is 58.6 Å². The van der Waals surface area contributed by atoms with Crippen LogP contribution in [0, 0.1) is 0 Å². The molecule has 1 amide bonds. The smallest absolute Gasteiger partial charge is 0.317 e. The second-order valence-corrected chi connectivity index (χ2v) is 7.42. The number of esters is 1. The molecule has 0 radical (unpaired) electrons. The molecular weight excluding hydrogens is 382 g/mol. The molecule has 1 aliphatic carbocycles. The quantitative estimate of drug-likeness (QED) is 0.751. The highest BCUT2D eigenvalue weighted by Crippen LogP contribution is 2.45. The highest BCUT2D eigenvalue weighted by Gasteiger charge is 2.47. The standard InChI is InChI=1S/C21H20ClNO5/c22-16-5-3-15(4-6-16)21(8-1-9-21)20(25)26-12-19(24)23-11-14-2-7-17-18(10-14)28-13-27-17/h2-7,10H,1,8-9,11-13H2,(H,23,24). The minimum Gasteiger partial charge on any atom is -0.455 e. The second-order valence-electron chi connectivity index (χ2n) is 6.98. The number of amides is 1. The van der Waals surface area contributed by atoms with Gasteiger partial charge in [-0.05, 0) is 48.2 Å². The third kappa shape index (κ3) is 3.64. The van der Waals surface area contributed by atoms with Gasteiger partial charge in [-0.15, -0.1) is 0 Å². The minimum atomic E-state index is -0.664. The van der Waals surface area contributed by atoms with Crippen LogP contribution in [0.25, 0.3) is 0 Å². The van der Waals surface area contributed by atoms with E-state index in [4.69, 9.17) is 25.8 Å². The number of rotatable bonds is 6. The fourth-order valence-corrected chi connectivity index (χ4v) is 3.61. The molecule has 1 saturated carbocycles. The van der Waals surface area contributed by atoms with Gasteiger partial charge in [0.25, 0.3) is 5.91 Å². The van der Waals surface area contributed by atoms with Crippen LogP contribution in [0.5, 0.6) is 11.5 Å². The van der Waals surface area contributed by atoms with Crippen LogP contribution < -0.4 is 14.8 Å². The largest absolute Gasteiger partial charge is 0.455 e. The van der Waals surface area contributed by atoms with Gasteiger partial charge in [-0.25, -0.2) is 0 Å². The van der Waals surface area contributed by atoms with Crippen molar-refractivity contribution in [2.24, 2.45) is 0 Å². The molecule has 0 saturated heterocycles. The number of benzene rings is 2. The molecular formula is C21H20ClNO5. The summed E-state index contributed by atoms with van der Waals surface area (Å²) in [5.74, 6) is 0.640. The molecule has 1 heterocycles. The maximum atomic E-state index is 12.7. The Labute approximate surface area is 167 Å². The summed E-state index contributed by atoms with van der Waals surface area (Å²) in [7, 11) is 0. The third-order valence-electron chi connectivity index (χ3n) is 5.26. The Hall–Kier alpha value is -2.73. The average Bonchev–Trinajstić information content (AvgIpc) is 3.13. The molecule has 0 spiro atoms. The summed E-state index contributed by atoms with van der Waals surface area (Å²) >= 11 is 5.94. The Bertz CT molecular complexity index is 892. The highest BCUT2D eigenvalue weighted by atomic mass is 35.5. The van der Waals surface area contributed by atoms with Gasteiger partial charge in [0, 0.05) is 11.6 Å². The van der Waals surface area contributed by atoms with Crippen LogP contribution >= 0.6 is 11.6 Å². The Morgan fingerprint density at radius 1 is 1.07 bits per heavy atom. The first-order valence-electron chi connectivity index (χ1n) is 9.15. The van der Waals surface area contributed by atoms with Crippen LogP contribution in [0.15, 0.2) is 42.5 Å². The summed E-state index contributed by atoms with van der Waals surface area (Å²) in [6, 6.07) is 12.7. The fraction of sp³-hybridized carbons (Fsp3) is 0.333. The summed E-state index contributed by atoms with van der Waals surface area (Å²) in [6.07, 6.45) is 2.38. The number of ether oxygens (including phenoxy) is 3. The van der Waals surface area contributed by atoms with Gasteiger partial charge in [-0.1, -0.05) is 36.2 Å². The molecule has 1 N–H and O–H groups in total. The van der Waals surface area contributed by atoms with E-state index in [1.54, 1.807) is 18.2 Å². The van der Waals surface area contributed by atoms with Gasteiger partial charge in [-0.2, -0.15) is 0 Å². The van der Waals surface area contributed by atoms with Crippen LogP contribution in [0.1, 0.15) is 30.4 Å². The Morgan fingerprint density at radius 2 is 1.82 bits per heavy atom. The van der Waals surface area contributed by atoms with Crippen molar-refractivity contribution in [2.75, 3.05) is 13.4 Å². The highest BCUT2D eigenvalue weighted by molar-refractivity contribution is 6.30. The van der Waals surface area contributed by atoms with Gasteiger partial charge >= 0.3 is 5.97 Å². The summed E-state index contributed by atoms with van der Waals surface area (Å²) in [4.78, 5) is 24.8. The SMILES string of the molecule is O=C(COC(=O)C1(c2ccc(Cl)cc2)CCC1)NCc1ccc2c(c1)OCO2. The molecule has 2 aliphatic rings. The second kappa shape index (κ2) is 7.72. The predicted molar refractivity (Wildman–Crippen MR) is 102 cm³/mol. The molecule has 146 valence electrons. The average molecular weight is 402 g/mol. The van der Waals surface area contributed by atoms with E-state index in [1.807, 2.05) is 24.3 Å². The Kier molecular flexibility index (Phi) is 5.13. The number of fused-ring (bicyclic) bond motifs is 1. The number of carbonyl (C=O) groups excluding carboxylic acids is 2. The summed E-state index contributed by atoms with van der Waals surface area (Å²) in [6.45, 7) is 0.213. The molecule has 28 heavy (non-hydrogen) atoms. The normalized spacial score (nSPS) is 16.2. The number of hydrogen-bond acceptors (Lipinski definition) is 5. The maximum Gasteiger partial charge on any atom is 0.317 e. The fourth-order valence-electron chi connectivity index (χ4n) is 3.48. The molecule has 0 atom stereocenters. The maximum absolute atomic E-state index is 12.7. The number of carbonyl (C=O) groups is 2. The van der Waals surface area contributed by atoms with Crippen LogP contribution in [0.2, 0.25) is 5.02 Å². The molecule has 2 aromatic carbocycles. The zero-order valence-corrected chi connectivity index (χ0v) is 16.0. The van der Waals surface area contributed by atoms with Gasteiger partial charge in [0.2, 0.25) is 6.79 Å². The van der Waals surface area contributed by atoms with E-state index < -0.39 is 5.41 Å². The molecule has 7 heteroatoms. The third-order valence-corrected chi connectivity index (χ3v) is 5.51. The Balaban J connectivity index is 1.30. The Morgan fingerprint density at radius 3 is 2.54 bits per heavy atom. The first-order valence-corrected chi connectivity index (χ1v) is 9.53. The van der Waals surface area contributed by atoms with Crippen molar-refractivity contribution in [1.82, 2.24) is 5.32 Å². The lowest BCUT2D eigenvalue weighted by Crippen LogP contribution is -2.44. The van der Waals surface area contributed by atoms with Gasteiger partial charge < -0.3 is 19.5 Å². The lowest BCUT2D eigenvalue weighted by Gasteiger charge is -2.39. The zero-order valence-electron chi connectivity index (χ0n) is 15.2. The zero-order chi connectivity index (χ0) is 19.6. The number of nitrogens with one attached hydrogen (secondary N) is 1. The molecule has 1 aliphatic heterocycles. The van der Waals surface area contributed by atoms with Crippen molar-refractivity contribution < 1.29 is 23.8 Å². The van der Waals surface area contributed by atoms with Crippen molar-refractivity contribution in [3.63, 3.8) is 0 Å². The van der Waals surface area contributed by atoms with E-state index in [0.717, 1.165) is 17.5 Å². The van der Waals surface area contributed by atoms with Crippen LogP contribution in [0.4, 0.5) is 0 Å². The number of hydrogen-bond donors (Lipinski definition) is 1. The molecule has 1 fully saturated rings. The van der Waals surface area contributed by atoms with Gasteiger partial charge in [-0.3, -0.25) is 9.59 Å². The van der Waals surface area contributed by atoms with E-state index in [1.165, 1.54) is 0 Å². The monoisotopic (exact) mass is 401 g/mol. The van der Waals surface area contributed by atoms with Gasteiger partial charge in [0.15, 0.2) is 18.1 Å². The topological polar surface area (TPSA) is 73.9 Å². The molecule has 4 rings (SSSR count). The molecule has 2 aromatic rings. The predicted octanol–water partition coefficient (Wildman–Crippen LogP) is 3.35. The first-order chi connectivity index (χ1) is 13.6.